The summed E-state index contributed by atoms with van der Waals surface area (Å²) in [6.07, 6.45) is 8.12. The molecule has 3 aromatic rings. The number of carbonyl (C=O) groups is 2. The van der Waals surface area contributed by atoms with Crippen LogP contribution in [0, 0.1) is 0 Å². The van der Waals surface area contributed by atoms with Gasteiger partial charge >= 0.3 is 6.03 Å². The van der Waals surface area contributed by atoms with Crippen LogP contribution in [0.3, 0.4) is 0 Å². The van der Waals surface area contributed by atoms with Gasteiger partial charge in [-0.25, -0.2) is 4.79 Å². The van der Waals surface area contributed by atoms with E-state index in [4.69, 9.17) is 0 Å². The van der Waals surface area contributed by atoms with Crippen LogP contribution in [0.15, 0.2) is 73.2 Å². The Morgan fingerprint density at radius 1 is 1.06 bits per heavy atom. The number of amides is 2. The Morgan fingerprint density at radius 2 is 1.91 bits per heavy atom. The maximum Gasteiger partial charge on any atom is 0.322 e. The van der Waals surface area contributed by atoms with Crippen LogP contribution < -0.4 is 5.32 Å². The molecule has 34 heavy (non-hydrogen) atoms. The number of nitrogens with one attached hydrogen (secondary N) is 1. The highest BCUT2D eigenvalue weighted by atomic mass is 16.2. The van der Waals surface area contributed by atoms with Gasteiger partial charge < -0.3 is 15.1 Å². The van der Waals surface area contributed by atoms with Crippen molar-refractivity contribution in [2.45, 2.75) is 38.8 Å². The highest BCUT2D eigenvalue weighted by Crippen LogP contribution is 2.21. The summed E-state index contributed by atoms with van der Waals surface area (Å²) in [6, 6.07) is 17.0. The lowest BCUT2D eigenvalue weighted by Gasteiger charge is -2.38. The molecule has 0 aliphatic carbocycles. The molecule has 0 saturated carbocycles. The molecule has 1 saturated heterocycles. The molecule has 7 heteroatoms. The van der Waals surface area contributed by atoms with Crippen molar-refractivity contribution in [2.75, 3.05) is 25.0 Å². The number of Topliss-reactive ketones (excluding diaryl/α,β-unsaturated/α-hetero) is 1. The molecule has 0 unspecified atom stereocenters. The SMILES string of the molecule is CC(=O)c1cccc(NC(=O)N(Cc2cccnc2)C2CCN(CCc3ccccn3)CC2)c1. The molecule has 0 atom stereocenters. The van der Waals surface area contributed by atoms with Gasteiger partial charge in [-0.15, -0.1) is 0 Å². The van der Waals surface area contributed by atoms with Gasteiger partial charge in [0.2, 0.25) is 0 Å². The summed E-state index contributed by atoms with van der Waals surface area (Å²) in [5, 5.41) is 3.01. The van der Waals surface area contributed by atoms with Crippen LogP contribution in [0.4, 0.5) is 10.5 Å². The number of nitrogens with zero attached hydrogens (tertiary/aromatic N) is 4. The minimum atomic E-state index is -0.156. The highest BCUT2D eigenvalue weighted by molar-refractivity contribution is 5.96. The third-order valence-electron chi connectivity index (χ3n) is 6.27. The molecule has 1 aliphatic rings. The summed E-state index contributed by atoms with van der Waals surface area (Å²) in [5.41, 5.74) is 3.31. The van der Waals surface area contributed by atoms with Crippen LogP contribution in [0.5, 0.6) is 0 Å². The van der Waals surface area contributed by atoms with E-state index in [1.807, 2.05) is 41.4 Å². The molecular formula is C27H31N5O2. The lowest BCUT2D eigenvalue weighted by molar-refractivity contribution is 0.101. The zero-order chi connectivity index (χ0) is 23.8. The molecule has 1 aromatic carbocycles. The Bertz CT molecular complexity index is 1080. The first-order chi connectivity index (χ1) is 16.6. The Hall–Kier alpha value is -3.58. The molecule has 0 radical (unpaired) electrons. The van der Waals surface area contributed by atoms with Gasteiger partial charge in [0.05, 0.1) is 0 Å². The zero-order valence-corrected chi connectivity index (χ0v) is 19.6. The second-order valence-electron chi connectivity index (χ2n) is 8.70. The molecule has 7 nitrogen and oxygen atoms in total. The first-order valence-corrected chi connectivity index (χ1v) is 11.8. The predicted octanol–water partition coefficient (Wildman–Crippen LogP) is 4.42. The number of ketones is 1. The molecular weight excluding hydrogens is 426 g/mol. The number of piperidine rings is 1. The van der Waals surface area contributed by atoms with Crippen molar-refractivity contribution in [3.8, 4) is 0 Å². The van der Waals surface area contributed by atoms with Crippen LogP contribution in [0.1, 0.15) is 41.4 Å². The van der Waals surface area contributed by atoms with E-state index < -0.39 is 0 Å². The molecule has 1 N–H and O–H groups in total. The summed E-state index contributed by atoms with van der Waals surface area (Å²) in [6.45, 7) is 4.86. The monoisotopic (exact) mass is 457 g/mol. The Labute approximate surface area is 200 Å². The number of rotatable bonds is 8. The molecule has 4 rings (SSSR count). The van der Waals surface area contributed by atoms with E-state index in [-0.39, 0.29) is 17.9 Å². The first kappa shape index (κ1) is 23.6. The van der Waals surface area contributed by atoms with Crippen molar-refractivity contribution in [1.29, 1.82) is 0 Å². The number of carbonyl (C=O) groups excluding carboxylic acids is 2. The van der Waals surface area contributed by atoms with Crippen molar-refractivity contribution in [1.82, 2.24) is 19.8 Å². The molecule has 1 fully saturated rings. The average molecular weight is 458 g/mol. The van der Waals surface area contributed by atoms with E-state index in [0.717, 1.165) is 50.2 Å². The van der Waals surface area contributed by atoms with E-state index in [2.05, 4.69) is 26.3 Å². The number of benzene rings is 1. The van der Waals surface area contributed by atoms with Gasteiger partial charge in [0.15, 0.2) is 5.78 Å². The molecule has 1 aliphatic heterocycles. The van der Waals surface area contributed by atoms with Gasteiger partial charge in [0, 0.05) is 74.2 Å². The van der Waals surface area contributed by atoms with Gasteiger partial charge in [0.1, 0.15) is 0 Å². The van der Waals surface area contributed by atoms with E-state index >= 15 is 0 Å². The number of anilines is 1. The van der Waals surface area contributed by atoms with Crippen molar-refractivity contribution in [2.24, 2.45) is 0 Å². The summed E-state index contributed by atoms with van der Waals surface area (Å²) in [4.78, 5) is 38.1. The summed E-state index contributed by atoms with van der Waals surface area (Å²) in [7, 11) is 0. The quantitative estimate of drug-likeness (QED) is 0.507. The third kappa shape index (κ3) is 6.48. The fourth-order valence-corrected chi connectivity index (χ4v) is 4.34. The summed E-state index contributed by atoms with van der Waals surface area (Å²) >= 11 is 0. The second kappa shape index (κ2) is 11.5. The number of pyridine rings is 2. The molecule has 2 amide bonds. The Kier molecular flexibility index (Phi) is 7.99. The maximum atomic E-state index is 13.4. The van der Waals surface area contributed by atoms with Crippen LogP contribution in [-0.4, -0.2) is 57.3 Å². The molecule has 176 valence electrons. The topological polar surface area (TPSA) is 78.4 Å². The summed E-state index contributed by atoms with van der Waals surface area (Å²) in [5.74, 6) is -0.0265. The van der Waals surface area contributed by atoms with Gasteiger partial charge in [-0.1, -0.05) is 24.3 Å². The van der Waals surface area contributed by atoms with Crippen molar-refractivity contribution in [3.63, 3.8) is 0 Å². The lowest BCUT2D eigenvalue weighted by Crippen LogP contribution is -2.48. The molecule has 0 bridgehead atoms. The molecule has 0 spiro atoms. The fraction of sp³-hybridized carbons (Fsp3) is 0.333. The first-order valence-electron chi connectivity index (χ1n) is 11.8. The normalized spacial score (nSPS) is 14.5. The van der Waals surface area contributed by atoms with Crippen LogP contribution >= 0.6 is 0 Å². The average Bonchev–Trinajstić information content (AvgIpc) is 2.88. The predicted molar refractivity (Wildman–Crippen MR) is 133 cm³/mol. The van der Waals surface area contributed by atoms with Crippen LogP contribution in [0.2, 0.25) is 0 Å². The van der Waals surface area contributed by atoms with E-state index in [1.165, 1.54) is 6.92 Å². The lowest BCUT2D eigenvalue weighted by atomic mass is 10.0. The van der Waals surface area contributed by atoms with Crippen molar-refractivity contribution >= 4 is 17.5 Å². The van der Waals surface area contributed by atoms with Gasteiger partial charge in [-0.3, -0.25) is 14.8 Å². The minimum absolute atomic E-state index is 0.0265. The Morgan fingerprint density at radius 3 is 2.62 bits per heavy atom. The molecule has 3 heterocycles. The number of likely N-dealkylation sites (tertiary alicyclic amines) is 1. The zero-order valence-electron chi connectivity index (χ0n) is 19.6. The highest BCUT2D eigenvalue weighted by Gasteiger charge is 2.28. The third-order valence-corrected chi connectivity index (χ3v) is 6.27. The summed E-state index contributed by atoms with van der Waals surface area (Å²) < 4.78 is 0. The standard InChI is InChI=1S/C27H31N5O2/c1-21(33)23-7-4-9-25(18-23)30-27(34)32(20-22-6-5-13-28-19-22)26-11-16-31(17-12-26)15-10-24-8-2-3-14-29-24/h2-9,13-14,18-19,26H,10-12,15-17,20H2,1H3,(H,30,34). The maximum absolute atomic E-state index is 13.4. The van der Waals surface area contributed by atoms with E-state index in [0.29, 0.717) is 17.8 Å². The van der Waals surface area contributed by atoms with E-state index in [1.54, 1.807) is 30.6 Å². The van der Waals surface area contributed by atoms with E-state index in [9.17, 15) is 9.59 Å². The largest absolute Gasteiger partial charge is 0.322 e. The van der Waals surface area contributed by atoms with Gasteiger partial charge in [-0.2, -0.15) is 0 Å². The van der Waals surface area contributed by atoms with Gasteiger partial charge in [-0.05, 0) is 55.7 Å². The van der Waals surface area contributed by atoms with Crippen molar-refractivity contribution in [3.05, 3.63) is 90.0 Å². The minimum Gasteiger partial charge on any atom is -0.317 e. The van der Waals surface area contributed by atoms with Gasteiger partial charge in [0.25, 0.3) is 0 Å². The Balaban J connectivity index is 1.41. The smallest absolute Gasteiger partial charge is 0.317 e. The number of hydrogen-bond donors (Lipinski definition) is 1. The van der Waals surface area contributed by atoms with Crippen LogP contribution in [0.25, 0.3) is 0 Å². The second-order valence-corrected chi connectivity index (χ2v) is 8.70. The number of aromatic nitrogens is 2. The van der Waals surface area contributed by atoms with Crippen molar-refractivity contribution < 1.29 is 9.59 Å². The van der Waals surface area contributed by atoms with Crippen LogP contribution in [-0.2, 0) is 13.0 Å². The fourth-order valence-electron chi connectivity index (χ4n) is 4.34. The molecule has 2 aromatic heterocycles. The number of urea groups is 1. The number of hydrogen-bond acceptors (Lipinski definition) is 5.